The van der Waals surface area contributed by atoms with Crippen molar-refractivity contribution in [1.29, 1.82) is 0 Å². The molecule has 0 unspecified atom stereocenters. The zero-order valence-corrected chi connectivity index (χ0v) is 16.5. The van der Waals surface area contributed by atoms with E-state index in [-0.39, 0.29) is 12.5 Å². The van der Waals surface area contributed by atoms with Crippen LogP contribution >= 0.6 is 11.6 Å². The van der Waals surface area contributed by atoms with Crippen molar-refractivity contribution in [3.05, 3.63) is 44.8 Å². The van der Waals surface area contributed by atoms with E-state index in [1.165, 1.54) is 11.0 Å². The van der Waals surface area contributed by atoms with Crippen molar-refractivity contribution in [3.63, 3.8) is 0 Å². The van der Waals surface area contributed by atoms with E-state index in [4.69, 9.17) is 16.0 Å². The third-order valence-electron chi connectivity index (χ3n) is 5.04. The highest BCUT2D eigenvalue weighted by atomic mass is 35.5. The normalized spacial score (nSPS) is 16.2. The Kier molecular flexibility index (Phi) is 5.29. The van der Waals surface area contributed by atoms with Gasteiger partial charge < -0.3 is 9.73 Å². The fourth-order valence-corrected chi connectivity index (χ4v) is 3.95. The maximum atomic E-state index is 13.1. The summed E-state index contributed by atoms with van der Waals surface area (Å²) in [6, 6.07) is 4.27. The first-order chi connectivity index (χ1) is 12.8. The van der Waals surface area contributed by atoms with Crippen LogP contribution < -0.4 is 10.9 Å². The quantitative estimate of drug-likeness (QED) is 0.593. The van der Waals surface area contributed by atoms with Crippen molar-refractivity contribution >= 4 is 34.5 Å². The predicted molar refractivity (Wildman–Crippen MR) is 104 cm³/mol. The van der Waals surface area contributed by atoms with E-state index in [9.17, 15) is 14.4 Å². The number of fused-ring (bicyclic) bond motifs is 1. The van der Waals surface area contributed by atoms with Gasteiger partial charge in [0.2, 0.25) is 0 Å². The van der Waals surface area contributed by atoms with Crippen molar-refractivity contribution < 1.29 is 14.0 Å². The second-order valence-electron chi connectivity index (χ2n) is 7.09. The van der Waals surface area contributed by atoms with Crippen LogP contribution in [0.5, 0.6) is 0 Å². The van der Waals surface area contributed by atoms with Crippen LogP contribution in [0.15, 0.2) is 27.4 Å². The Morgan fingerprint density at radius 2 is 1.78 bits per heavy atom. The Bertz CT molecular complexity index is 960. The van der Waals surface area contributed by atoms with Gasteiger partial charge in [-0.1, -0.05) is 38.3 Å². The predicted octanol–water partition coefficient (Wildman–Crippen LogP) is 4.15. The largest absolute Gasteiger partial charge is 0.423 e. The average molecular weight is 391 g/mol. The average Bonchev–Trinajstić information content (AvgIpc) is 2.81. The van der Waals surface area contributed by atoms with Gasteiger partial charge in [0.1, 0.15) is 11.1 Å². The monoisotopic (exact) mass is 390 g/mol. The molecule has 0 aliphatic carbocycles. The van der Waals surface area contributed by atoms with E-state index >= 15 is 0 Å². The molecule has 3 rings (SSSR count). The van der Waals surface area contributed by atoms with Gasteiger partial charge >= 0.3 is 11.7 Å². The summed E-state index contributed by atoms with van der Waals surface area (Å²) in [4.78, 5) is 38.8. The minimum atomic E-state index is -0.857. The van der Waals surface area contributed by atoms with Gasteiger partial charge in [-0.05, 0) is 43.0 Å². The number of amides is 3. The molecule has 1 fully saturated rings. The Morgan fingerprint density at radius 3 is 2.41 bits per heavy atom. The van der Waals surface area contributed by atoms with Gasteiger partial charge in [0.05, 0.1) is 6.54 Å². The molecular formula is C20H23ClN2O4. The van der Waals surface area contributed by atoms with Crippen LogP contribution in [-0.2, 0) is 11.3 Å². The zero-order valence-electron chi connectivity index (χ0n) is 15.7. The Balaban J connectivity index is 2.02. The number of imide groups is 1. The lowest BCUT2D eigenvalue weighted by molar-refractivity contribution is -0.132. The number of hydrogen-bond donors (Lipinski definition) is 1. The lowest BCUT2D eigenvalue weighted by Gasteiger charge is -2.25. The van der Waals surface area contributed by atoms with E-state index in [2.05, 4.69) is 5.32 Å². The summed E-state index contributed by atoms with van der Waals surface area (Å²) >= 11 is 6.22. The first-order valence-electron chi connectivity index (χ1n) is 9.18. The smallest absolute Gasteiger partial charge is 0.336 e. The van der Waals surface area contributed by atoms with Crippen molar-refractivity contribution in [2.24, 2.45) is 0 Å². The number of rotatable bonds is 6. The molecule has 2 aromatic rings. The zero-order chi connectivity index (χ0) is 19.8. The number of halogens is 1. The number of carbonyl (C=O) groups excluding carboxylic acids is 2. The van der Waals surface area contributed by atoms with Crippen molar-refractivity contribution in [2.75, 3.05) is 0 Å². The van der Waals surface area contributed by atoms with Gasteiger partial charge in [-0.15, -0.1) is 0 Å². The Labute approximate surface area is 162 Å². The van der Waals surface area contributed by atoms with Crippen LogP contribution in [-0.4, -0.2) is 22.4 Å². The maximum Gasteiger partial charge on any atom is 0.336 e. The molecule has 6 nitrogen and oxygen atoms in total. The van der Waals surface area contributed by atoms with Crippen LogP contribution in [0, 0.1) is 6.92 Å². The topological polar surface area (TPSA) is 79.6 Å². The molecule has 7 heteroatoms. The summed E-state index contributed by atoms with van der Waals surface area (Å²) in [6.45, 7) is 5.79. The number of carbonyl (C=O) groups is 2. The van der Waals surface area contributed by atoms with Crippen LogP contribution in [0.4, 0.5) is 4.79 Å². The molecule has 1 aliphatic heterocycles. The van der Waals surface area contributed by atoms with Crippen LogP contribution in [0.2, 0.25) is 5.02 Å². The number of nitrogens with one attached hydrogen (secondary N) is 1. The summed E-state index contributed by atoms with van der Waals surface area (Å²) in [7, 11) is 0. The second kappa shape index (κ2) is 7.35. The van der Waals surface area contributed by atoms with E-state index < -0.39 is 17.2 Å². The minimum Gasteiger partial charge on any atom is -0.423 e. The molecule has 2 heterocycles. The lowest BCUT2D eigenvalue weighted by atomic mass is 9.88. The van der Waals surface area contributed by atoms with Gasteiger partial charge in [-0.25, -0.2) is 9.59 Å². The third kappa shape index (κ3) is 3.46. The third-order valence-corrected chi connectivity index (χ3v) is 5.44. The molecule has 1 N–H and O–H groups in total. The van der Waals surface area contributed by atoms with Gasteiger partial charge in [0.15, 0.2) is 0 Å². The highest BCUT2D eigenvalue weighted by Crippen LogP contribution is 2.31. The van der Waals surface area contributed by atoms with Gasteiger partial charge in [-0.2, -0.15) is 0 Å². The van der Waals surface area contributed by atoms with Crippen molar-refractivity contribution in [1.82, 2.24) is 10.2 Å². The van der Waals surface area contributed by atoms with Crippen molar-refractivity contribution in [2.45, 2.75) is 58.5 Å². The van der Waals surface area contributed by atoms with Gasteiger partial charge in [0.25, 0.3) is 5.91 Å². The number of nitrogens with zero attached hydrogens (tertiary/aromatic N) is 1. The summed E-state index contributed by atoms with van der Waals surface area (Å²) in [5, 5.41) is 4.03. The fourth-order valence-electron chi connectivity index (χ4n) is 3.79. The highest BCUT2D eigenvalue weighted by Gasteiger charge is 2.49. The van der Waals surface area contributed by atoms with E-state index in [1.54, 1.807) is 12.1 Å². The molecule has 0 bridgehead atoms. The first kappa shape index (κ1) is 19.4. The standard InChI is InChI=1S/C20H23ClN2O4/c1-4-6-20(7-5-2)18(25)23(19(26)22-20)11-13-9-17(24)27-16-8-12(3)15(21)10-14(13)16/h8-10H,4-7,11H2,1-3H3,(H,22,26). The van der Waals surface area contributed by atoms with Gasteiger partial charge in [-0.3, -0.25) is 9.69 Å². The molecule has 1 saturated heterocycles. The Hall–Kier alpha value is -2.34. The van der Waals surface area contributed by atoms with Crippen molar-refractivity contribution in [3.8, 4) is 0 Å². The maximum absolute atomic E-state index is 13.1. The van der Waals surface area contributed by atoms with E-state index in [0.29, 0.717) is 34.4 Å². The van der Waals surface area contributed by atoms with Gasteiger partial charge in [0, 0.05) is 16.5 Å². The summed E-state index contributed by atoms with van der Waals surface area (Å²) < 4.78 is 5.26. The molecular weight excluding hydrogens is 368 g/mol. The first-order valence-corrected chi connectivity index (χ1v) is 9.56. The number of urea groups is 1. The minimum absolute atomic E-state index is 0.00132. The fraction of sp³-hybridized carbons (Fsp3) is 0.450. The summed E-state index contributed by atoms with van der Waals surface area (Å²) in [6.07, 6.45) is 2.74. The van der Waals surface area contributed by atoms with Crippen LogP contribution in [0.3, 0.4) is 0 Å². The lowest BCUT2D eigenvalue weighted by Crippen LogP contribution is -2.46. The highest BCUT2D eigenvalue weighted by molar-refractivity contribution is 6.32. The second-order valence-corrected chi connectivity index (χ2v) is 7.50. The molecule has 27 heavy (non-hydrogen) atoms. The van der Waals surface area contributed by atoms with E-state index in [0.717, 1.165) is 18.4 Å². The van der Waals surface area contributed by atoms with E-state index in [1.807, 2.05) is 20.8 Å². The molecule has 144 valence electrons. The Morgan fingerprint density at radius 1 is 1.11 bits per heavy atom. The molecule has 0 atom stereocenters. The molecule has 0 saturated carbocycles. The molecule has 1 aromatic heterocycles. The number of hydrogen-bond acceptors (Lipinski definition) is 4. The summed E-state index contributed by atoms with van der Waals surface area (Å²) in [5.74, 6) is -0.240. The summed E-state index contributed by atoms with van der Waals surface area (Å²) in [5.41, 5.74) is 0.323. The number of aryl methyl sites for hydroxylation is 1. The molecule has 3 amide bonds. The molecule has 1 aromatic carbocycles. The molecule has 0 radical (unpaired) electrons. The molecule has 1 aliphatic rings. The molecule has 0 spiro atoms. The SMILES string of the molecule is CCCC1(CCC)NC(=O)N(Cc2cc(=O)oc3cc(C)c(Cl)cc23)C1=O. The van der Waals surface area contributed by atoms with Crippen LogP contribution in [0.25, 0.3) is 11.0 Å². The van der Waals surface area contributed by atoms with Crippen LogP contribution in [0.1, 0.15) is 50.7 Å². The number of benzene rings is 1.